The summed E-state index contributed by atoms with van der Waals surface area (Å²) in [5.41, 5.74) is 0.823. The number of sulfonamides is 1. The molecule has 8 nitrogen and oxygen atoms in total. The molecule has 2 atom stereocenters. The number of rotatable bonds is 12. The van der Waals surface area contributed by atoms with E-state index in [0.717, 1.165) is 4.31 Å². The predicted molar refractivity (Wildman–Crippen MR) is 158 cm³/mol. The fourth-order valence-corrected chi connectivity index (χ4v) is 5.78. The summed E-state index contributed by atoms with van der Waals surface area (Å²) in [6.45, 7) is 4.81. The Morgan fingerprint density at radius 2 is 1.62 bits per heavy atom. The highest BCUT2D eigenvalue weighted by molar-refractivity contribution is 7.92. The Bertz CT molecular complexity index is 1420. The van der Waals surface area contributed by atoms with Gasteiger partial charge < -0.3 is 15.0 Å². The highest BCUT2D eigenvalue weighted by atomic mass is 35.5. The fourth-order valence-electron chi connectivity index (χ4n) is 3.88. The number of nitrogens with one attached hydrogen (secondary N) is 1. The van der Waals surface area contributed by atoms with Gasteiger partial charge in [-0.05, 0) is 74.4 Å². The van der Waals surface area contributed by atoms with E-state index in [4.69, 9.17) is 27.9 Å². The number of halogens is 2. The molecule has 0 saturated carbocycles. The van der Waals surface area contributed by atoms with Crippen molar-refractivity contribution in [1.29, 1.82) is 0 Å². The van der Waals surface area contributed by atoms with Crippen molar-refractivity contribution in [2.45, 2.75) is 50.7 Å². The molecule has 0 radical (unpaired) electrons. The van der Waals surface area contributed by atoms with Crippen molar-refractivity contribution in [2.24, 2.45) is 0 Å². The number of benzene rings is 3. The van der Waals surface area contributed by atoms with Crippen LogP contribution >= 0.6 is 23.2 Å². The molecule has 2 amide bonds. The van der Waals surface area contributed by atoms with E-state index in [2.05, 4.69) is 5.32 Å². The maximum Gasteiger partial charge on any atom is 0.264 e. The van der Waals surface area contributed by atoms with Crippen LogP contribution in [0.2, 0.25) is 10.0 Å². The number of carbonyl (C=O) groups is 2. The summed E-state index contributed by atoms with van der Waals surface area (Å²) in [4.78, 5) is 28.4. The second kappa shape index (κ2) is 13.9. The molecule has 3 rings (SSSR count). The Hall–Kier alpha value is -3.27. The van der Waals surface area contributed by atoms with Crippen LogP contribution in [0.1, 0.15) is 32.8 Å². The van der Waals surface area contributed by atoms with Crippen LogP contribution in [0.25, 0.3) is 0 Å². The van der Waals surface area contributed by atoms with Crippen LogP contribution in [0, 0.1) is 0 Å². The summed E-state index contributed by atoms with van der Waals surface area (Å²) >= 11 is 12.5. The maximum atomic E-state index is 14.0. The number of ether oxygens (including phenoxy) is 1. The average Bonchev–Trinajstić information content (AvgIpc) is 2.95. The first kappa shape index (κ1) is 31.3. The Morgan fingerprint density at radius 3 is 2.20 bits per heavy atom. The summed E-state index contributed by atoms with van der Waals surface area (Å²) in [7, 11) is -2.65. The number of anilines is 1. The first-order valence-electron chi connectivity index (χ1n) is 12.7. The van der Waals surface area contributed by atoms with Crippen molar-refractivity contribution in [1.82, 2.24) is 10.2 Å². The molecule has 40 heavy (non-hydrogen) atoms. The highest BCUT2D eigenvalue weighted by Crippen LogP contribution is 2.27. The average molecular weight is 607 g/mol. The van der Waals surface area contributed by atoms with Crippen molar-refractivity contribution in [3.05, 3.63) is 88.4 Å². The van der Waals surface area contributed by atoms with Crippen molar-refractivity contribution >= 4 is 50.7 Å². The van der Waals surface area contributed by atoms with Crippen molar-refractivity contribution in [2.75, 3.05) is 18.0 Å². The summed E-state index contributed by atoms with van der Waals surface area (Å²) in [6, 6.07) is 18.0. The minimum absolute atomic E-state index is 0.0217. The van der Waals surface area contributed by atoms with Gasteiger partial charge in [-0.2, -0.15) is 0 Å². The molecule has 0 heterocycles. The third-order valence-electron chi connectivity index (χ3n) is 6.49. The van der Waals surface area contributed by atoms with E-state index in [9.17, 15) is 18.0 Å². The molecule has 1 N–H and O–H groups in total. The first-order valence-corrected chi connectivity index (χ1v) is 14.9. The van der Waals surface area contributed by atoms with Gasteiger partial charge in [-0.3, -0.25) is 13.9 Å². The van der Waals surface area contributed by atoms with E-state index in [1.807, 2.05) is 13.8 Å². The largest absolute Gasteiger partial charge is 0.497 e. The van der Waals surface area contributed by atoms with Gasteiger partial charge in [-0.15, -0.1) is 0 Å². The maximum absolute atomic E-state index is 14.0. The SMILES string of the molecule is CCC(C)NC(=O)C(C)N(Cc1ccc(Cl)cc1Cl)C(=O)CN(c1ccc(OC)cc1)S(=O)(=O)c1ccccc1. The van der Waals surface area contributed by atoms with E-state index in [0.29, 0.717) is 27.8 Å². The summed E-state index contributed by atoms with van der Waals surface area (Å²) in [5.74, 6) is -0.427. The monoisotopic (exact) mass is 605 g/mol. The number of nitrogens with zero attached hydrogens (tertiary/aromatic N) is 2. The quantitative estimate of drug-likeness (QED) is 0.293. The minimum atomic E-state index is -4.16. The lowest BCUT2D eigenvalue weighted by atomic mass is 10.1. The van der Waals surface area contributed by atoms with E-state index in [1.54, 1.807) is 67.6 Å². The molecule has 214 valence electrons. The second-order valence-electron chi connectivity index (χ2n) is 9.27. The van der Waals surface area contributed by atoms with Crippen molar-refractivity contribution in [3.8, 4) is 5.75 Å². The van der Waals surface area contributed by atoms with Crippen LogP contribution in [-0.2, 0) is 26.2 Å². The molecule has 3 aromatic carbocycles. The van der Waals surface area contributed by atoms with Crippen LogP contribution in [-0.4, -0.2) is 50.9 Å². The first-order chi connectivity index (χ1) is 19.0. The molecule has 3 aromatic rings. The van der Waals surface area contributed by atoms with Gasteiger partial charge in [0.25, 0.3) is 10.0 Å². The van der Waals surface area contributed by atoms with Gasteiger partial charge in [-0.1, -0.05) is 54.4 Å². The highest BCUT2D eigenvalue weighted by Gasteiger charge is 2.33. The Kier molecular flexibility index (Phi) is 10.8. The third-order valence-corrected chi connectivity index (χ3v) is 8.87. The fraction of sp³-hybridized carbons (Fsp3) is 0.310. The zero-order valence-corrected chi connectivity index (χ0v) is 25.1. The number of carbonyl (C=O) groups excluding carboxylic acids is 2. The molecule has 0 saturated heterocycles. The molecule has 0 bridgehead atoms. The van der Waals surface area contributed by atoms with Crippen LogP contribution in [0.15, 0.2) is 77.7 Å². The van der Waals surface area contributed by atoms with Crippen LogP contribution in [0.4, 0.5) is 5.69 Å². The zero-order chi connectivity index (χ0) is 29.4. The predicted octanol–water partition coefficient (Wildman–Crippen LogP) is 5.53. The topological polar surface area (TPSA) is 96.0 Å². The molecular weight excluding hydrogens is 573 g/mol. The number of methoxy groups -OCH3 is 1. The van der Waals surface area contributed by atoms with Gasteiger partial charge in [0.1, 0.15) is 18.3 Å². The van der Waals surface area contributed by atoms with E-state index >= 15 is 0 Å². The molecule has 0 aliphatic carbocycles. The van der Waals surface area contributed by atoms with E-state index in [-0.39, 0.29) is 29.1 Å². The van der Waals surface area contributed by atoms with Crippen molar-refractivity contribution in [3.63, 3.8) is 0 Å². The van der Waals surface area contributed by atoms with Gasteiger partial charge in [-0.25, -0.2) is 8.42 Å². The van der Waals surface area contributed by atoms with Gasteiger partial charge in [0.2, 0.25) is 11.8 Å². The summed E-state index contributed by atoms with van der Waals surface area (Å²) in [6.07, 6.45) is 0.704. The Morgan fingerprint density at radius 1 is 0.975 bits per heavy atom. The molecule has 0 aromatic heterocycles. The van der Waals surface area contributed by atoms with Crippen LogP contribution < -0.4 is 14.4 Å². The lowest BCUT2D eigenvalue weighted by Crippen LogP contribution is -2.52. The molecule has 2 unspecified atom stereocenters. The molecule has 0 aliphatic heterocycles. The minimum Gasteiger partial charge on any atom is -0.497 e. The molecule has 0 aliphatic rings. The second-order valence-corrected chi connectivity index (χ2v) is 12.0. The lowest BCUT2D eigenvalue weighted by molar-refractivity contribution is -0.139. The lowest BCUT2D eigenvalue weighted by Gasteiger charge is -2.32. The summed E-state index contributed by atoms with van der Waals surface area (Å²) in [5, 5.41) is 3.64. The number of hydrogen-bond donors (Lipinski definition) is 1. The van der Waals surface area contributed by atoms with Gasteiger partial charge >= 0.3 is 0 Å². The van der Waals surface area contributed by atoms with Gasteiger partial charge in [0.05, 0.1) is 17.7 Å². The summed E-state index contributed by atoms with van der Waals surface area (Å²) < 4.78 is 33.8. The normalized spacial score (nSPS) is 12.8. The van der Waals surface area contributed by atoms with Crippen LogP contribution in [0.3, 0.4) is 0 Å². The number of amides is 2. The smallest absolute Gasteiger partial charge is 0.264 e. The Balaban J connectivity index is 2.04. The number of hydrogen-bond acceptors (Lipinski definition) is 5. The molecule has 0 fully saturated rings. The van der Waals surface area contributed by atoms with Gasteiger partial charge in [0, 0.05) is 22.6 Å². The molecular formula is C29H33Cl2N3O5S. The standard InChI is InChI=1S/C29H33Cl2N3O5S/c1-5-20(2)32-29(36)21(3)33(18-22-11-12-23(30)17-27(22)31)28(35)19-34(24-13-15-25(39-4)16-14-24)40(37,38)26-9-7-6-8-10-26/h6-17,20-21H,5,18-19H2,1-4H3,(H,32,36). The van der Waals surface area contributed by atoms with Crippen molar-refractivity contribution < 1.29 is 22.7 Å². The van der Waals surface area contributed by atoms with Crippen LogP contribution in [0.5, 0.6) is 5.75 Å². The molecule has 0 spiro atoms. The van der Waals surface area contributed by atoms with E-state index in [1.165, 1.54) is 24.1 Å². The van der Waals surface area contributed by atoms with E-state index < -0.39 is 28.5 Å². The zero-order valence-electron chi connectivity index (χ0n) is 22.8. The molecule has 11 heteroatoms. The third kappa shape index (κ3) is 7.68. The Labute approximate surface area is 245 Å². The van der Waals surface area contributed by atoms with Gasteiger partial charge in [0.15, 0.2) is 0 Å².